The molecule has 2 aromatic carbocycles. The first-order valence-electron chi connectivity index (χ1n) is 9.01. The summed E-state index contributed by atoms with van der Waals surface area (Å²) in [5, 5.41) is 0.570. The smallest absolute Gasteiger partial charge is 0.325 e. The van der Waals surface area contributed by atoms with Crippen LogP contribution in [0.4, 0.5) is 0 Å². The van der Waals surface area contributed by atoms with E-state index in [4.69, 9.17) is 25.8 Å². The molecule has 1 heterocycles. The summed E-state index contributed by atoms with van der Waals surface area (Å²) in [5.74, 6) is 0.223. The van der Waals surface area contributed by atoms with Crippen molar-refractivity contribution in [1.29, 1.82) is 0 Å². The average Bonchev–Trinajstić information content (AvgIpc) is 3.05. The van der Waals surface area contributed by atoms with Gasteiger partial charge in [0.15, 0.2) is 10.4 Å². The largest absolute Gasteiger partial charge is 0.497 e. The van der Waals surface area contributed by atoms with Gasteiger partial charge in [-0.15, -0.1) is 0 Å². The third kappa shape index (κ3) is 4.83. The predicted molar refractivity (Wildman–Crippen MR) is 115 cm³/mol. The van der Waals surface area contributed by atoms with Gasteiger partial charge in [0.05, 0.1) is 24.4 Å². The van der Waals surface area contributed by atoms with Crippen LogP contribution in [0.25, 0.3) is 10.2 Å². The van der Waals surface area contributed by atoms with Crippen molar-refractivity contribution in [3.8, 4) is 11.5 Å². The van der Waals surface area contributed by atoms with E-state index in [0.29, 0.717) is 21.3 Å². The molecule has 1 amide bonds. The van der Waals surface area contributed by atoms with Crippen molar-refractivity contribution in [3.63, 3.8) is 0 Å². The molecular formula is C21H21ClN2O5S. The second-order valence-electron chi connectivity index (χ2n) is 6.86. The summed E-state index contributed by atoms with van der Waals surface area (Å²) in [4.78, 5) is 29.5. The highest BCUT2D eigenvalue weighted by Gasteiger charge is 2.30. The van der Waals surface area contributed by atoms with E-state index >= 15 is 0 Å². The van der Waals surface area contributed by atoms with Gasteiger partial charge in [-0.2, -0.15) is 4.99 Å². The molecular weight excluding hydrogens is 428 g/mol. The molecule has 7 nitrogen and oxygen atoms in total. The van der Waals surface area contributed by atoms with E-state index in [0.717, 1.165) is 10.2 Å². The fraction of sp³-hybridized carbons (Fsp3) is 0.286. The van der Waals surface area contributed by atoms with Crippen LogP contribution in [-0.2, 0) is 20.9 Å². The van der Waals surface area contributed by atoms with E-state index < -0.39 is 17.5 Å². The summed E-state index contributed by atoms with van der Waals surface area (Å²) in [5.41, 5.74) is -0.487. The summed E-state index contributed by atoms with van der Waals surface area (Å²) < 4.78 is 18.3. The molecule has 3 aromatic rings. The van der Waals surface area contributed by atoms with Crippen LogP contribution in [0.5, 0.6) is 11.5 Å². The highest BCUT2D eigenvalue weighted by atomic mass is 35.5. The highest BCUT2D eigenvalue weighted by Crippen LogP contribution is 2.24. The van der Waals surface area contributed by atoms with Crippen LogP contribution in [0.1, 0.15) is 13.8 Å². The molecule has 0 fully saturated rings. The summed E-state index contributed by atoms with van der Waals surface area (Å²) in [6.45, 7) is 3.19. The van der Waals surface area contributed by atoms with Crippen molar-refractivity contribution >= 4 is 45.0 Å². The SMILES string of the molecule is COC(=O)Cn1c(=NC(=O)C(C)(C)Oc2ccc(Cl)cc2)sc2cc(OC)ccc21. The molecule has 0 spiro atoms. The number of nitrogens with zero attached hydrogens (tertiary/aromatic N) is 2. The van der Waals surface area contributed by atoms with Gasteiger partial charge in [0, 0.05) is 5.02 Å². The van der Waals surface area contributed by atoms with Crippen LogP contribution < -0.4 is 14.3 Å². The number of halogens is 1. The van der Waals surface area contributed by atoms with Gasteiger partial charge < -0.3 is 18.8 Å². The first kappa shape index (κ1) is 21.9. The Morgan fingerprint density at radius 3 is 2.40 bits per heavy atom. The zero-order valence-electron chi connectivity index (χ0n) is 17.0. The maximum absolute atomic E-state index is 12.9. The minimum atomic E-state index is -1.23. The zero-order chi connectivity index (χ0) is 21.9. The third-order valence-electron chi connectivity index (χ3n) is 4.30. The van der Waals surface area contributed by atoms with Crippen molar-refractivity contribution < 1.29 is 23.8 Å². The molecule has 0 radical (unpaired) electrons. The Balaban J connectivity index is 2.01. The van der Waals surface area contributed by atoms with E-state index in [9.17, 15) is 9.59 Å². The summed E-state index contributed by atoms with van der Waals surface area (Å²) >= 11 is 7.17. The Morgan fingerprint density at radius 1 is 1.10 bits per heavy atom. The molecule has 1 aromatic heterocycles. The Kier molecular flexibility index (Phi) is 6.48. The molecule has 0 aliphatic heterocycles. The van der Waals surface area contributed by atoms with Crippen LogP contribution in [0.15, 0.2) is 47.5 Å². The first-order chi connectivity index (χ1) is 14.2. The lowest BCUT2D eigenvalue weighted by molar-refractivity contribution is -0.141. The van der Waals surface area contributed by atoms with Crippen LogP contribution in [0, 0.1) is 0 Å². The van der Waals surface area contributed by atoms with Gasteiger partial charge in [-0.25, -0.2) is 0 Å². The predicted octanol–water partition coefficient (Wildman–Crippen LogP) is 3.82. The Bertz CT molecular complexity index is 1150. The van der Waals surface area contributed by atoms with E-state index in [1.807, 2.05) is 12.1 Å². The second kappa shape index (κ2) is 8.89. The molecule has 0 unspecified atom stereocenters. The maximum Gasteiger partial charge on any atom is 0.325 e. The lowest BCUT2D eigenvalue weighted by Gasteiger charge is -2.22. The Labute approximate surface area is 182 Å². The molecule has 0 aliphatic carbocycles. The van der Waals surface area contributed by atoms with Gasteiger partial charge in [-0.05, 0) is 56.3 Å². The molecule has 0 N–H and O–H groups in total. The van der Waals surface area contributed by atoms with Gasteiger partial charge in [0.2, 0.25) is 0 Å². The van der Waals surface area contributed by atoms with E-state index in [1.54, 1.807) is 55.9 Å². The number of hydrogen-bond acceptors (Lipinski definition) is 6. The molecule has 0 bridgehead atoms. The van der Waals surface area contributed by atoms with Gasteiger partial charge in [-0.1, -0.05) is 22.9 Å². The number of fused-ring (bicyclic) bond motifs is 1. The number of amides is 1. The monoisotopic (exact) mass is 448 g/mol. The zero-order valence-corrected chi connectivity index (χ0v) is 18.5. The summed E-state index contributed by atoms with van der Waals surface area (Å²) in [6, 6.07) is 12.1. The molecule has 30 heavy (non-hydrogen) atoms. The minimum absolute atomic E-state index is 0.0760. The standard InChI is InChI=1S/C21H21ClN2O5S/c1-21(2,29-14-7-5-13(22)6-8-14)19(26)23-20-24(12-18(25)28-4)16-10-9-15(27-3)11-17(16)30-20/h5-11H,12H2,1-4H3. The van der Waals surface area contributed by atoms with Gasteiger partial charge >= 0.3 is 5.97 Å². The number of benzene rings is 2. The van der Waals surface area contributed by atoms with Crippen molar-refractivity contribution in [2.24, 2.45) is 4.99 Å². The fourth-order valence-corrected chi connectivity index (χ4v) is 3.86. The molecule has 9 heteroatoms. The molecule has 3 rings (SSSR count). The number of carbonyl (C=O) groups is 2. The first-order valence-corrected chi connectivity index (χ1v) is 10.2. The van der Waals surface area contributed by atoms with Crippen LogP contribution >= 0.6 is 22.9 Å². The van der Waals surface area contributed by atoms with E-state index in [2.05, 4.69) is 4.99 Å². The molecule has 0 atom stereocenters. The number of methoxy groups -OCH3 is 2. The van der Waals surface area contributed by atoms with Crippen molar-refractivity contribution in [2.45, 2.75) is 26.0 Å². The number of esters is 1. The molecule has 158 valence electrons. The molecule has 0 saturated heterocycles. The highest BCUT2D eigenvalue weighted by molar-refractivity contribution is 7.16. The molecule has 0 saturated carbocycles. The number of ether oxygens (including phenoxy) is 3. The Morgan fingerprint density at radius 2 is 1.77 bits per heavy atom. The van der Waals surface area contributed by atoms with Crippen LogP contribution in [0.3, 0.4) is 0 Å². The quantitative estimate of drug-likeness (QED) is 0.535. The summed E-state index contributed by atoms with van der Waals surface area (Å²) in [7, 11) is 2.88. The molecule has 0 aliphatic rings. The van der Waals surface area contributed by atoms with E-state index in [-0.39, 0.29) is 6.54 Å². The normalized spacial score (nSPS) is 12.1. The topological polar surface area (TPSA) is 79.1 Å². The van der Waals surface area contributed by atoms with Crippen molar-refractivity contribution in [1.82, 2.24) is 4.57 Å². The maximum atomic E-state index is 12.9. The minimum Gasteiger partial charge on any atom is -0.497 e. The number of aromatic nitrogens is 1. The second-order valence-corrected chi connectivity index (χ2v) is 8.31. The van der Waals surface area contributed by atoms with Crippen molar-refractivity contribution in [2.75, 3.05) is 14.2 Å². The Hall–Kier alpha value is -2.84. The fourth-order valence-electron chi connectivity index (χ4n) is 2.67. The summed E-state index contributed by atoms with van der Waals surface area (Å²) in [6.07, 6.45) is 0. The van der Waals surface area contributed by atoms with Crippen LogP contribution in [-0.4, -0.2) is 36.3 Å². The van der Waals surface area contributed by atoms with Crippen molar-refractivity contribution in [3.05, 3.63) is 52.3 Å². The average molecular weight is 449 g/mol. The lowest BCUT2D eigenvalue weighted by Crippen LogP contribution is -2.38. The number of rotatable bonds is 6. The van der Waals surface area contributed by atoms with Gasteiger partial charge in [0.25, 0.3) is 5.91 Å². The number of carbonyl (C=O) groups excluding carboxylic acids is 2. The third-order valence-corrected chi connectivity index (χ3v) is 5.60. The number of thiazole rings is 1. The van der Waals surface area contributed by atoms with E-state index in [1.165, 1.54) is 18.4 Å². The van der Waals surface area contributed by atoms with Gasteiger partial charge in [-0.3, -0.25) is 9.59 Å². The van der Waals surface area contributed by atoms with Gasteiger partial charge in [0.1, 0.15) is 18.0 Å². The van der Waals surface area contributed by atoms with Crippen LogP contribution in [0.2, 0.25) is 5.02 Å². The number of hydrogen-bond donors (Lipinski definition) is 0. The lowest BCUT2D eigenvalue weighted by atomic mass is 10.1.